The lowest BCUT2D eigenvalue weighted by molar-refractivity contribution is -0.143. The molecule has 0 aromatic heterocycles. The van der Waals surface area contributed by atoms with Crippen molar-refractivity contribution < 1.29 is 23.9 Å². The van der Waals surface area contributed by atoms with Crippen LogP contribution >= 0.6 is 0 Å². The van der Waals surface area contributed by atoms with Gasteiger partial charge in [0, 0.05) is 19.3 Å². The highest BCUT2D eigenvalue weighted by Gasteiger charge is 2.62. The summed E-state index contributed by atoms with van der Waals surface area (Å²) < 4.78 is 11.4. The maximum atomic E-state index is 12.2. The molecule has 0 bridgehead atoms. The van der Waals surface area contributed by atoms with Crippen molar-refractivity contribution >= 4 is 18.0 Å². The molecule has 4 unspecified atom stereocenters. The lowest BCUT2D eigenvalue weighted by Crippen LogP contribution is -2.55. The second-order valence-electron chi connectivity index (χ2n) is 9.77. The molecule has 0 N–H and O–H groups in total. The van der Waals surface area contributed by atoms with Crippen LogP contribution in [-0.2, 0) is 23.9 Å². The van der Waals surface area contributed by atoms with Gasteiger partial charge in [0.25, 0.3) is 0 Å². The van der Waals surface area contributed by atoms with E-state index in [4.69, 9.17) is 9.47 Å². The molecule has 150 valence electrons. The minimum absolute atomic E-state index is 0.146. The predicted octanol–water partition coefficient (Wildman–Crippen LogP) is 3.99. The van der Waals surface area contributed by atoms with Gasteiger partial charge in [-0.2, -0.15) is 0 Å². The molecule has 0 amide bonds. The van der Waals surface area contributed by atoms with E-state index < -0.39 is 11.8 Å². The Hall–Kier alpha value is -1.65. The number of hydrogen-bond donors (Lipinski definition) is 0. The van der Waals surface area contributed by atoms with Gasteiger partial charge in [-0.05, 0) is 49.4 Å². The Labute approximate surface area is 161 Å². The van der Waals surface area contributed by atoms with Crippen molar-refractivity contribution in [3.63, 3.8) is 0 Å². The van der Waals surface area contributed by atoms with Gasteiger partial charge in [-0.3, -0.25) is 14.4 Å². The average molecular weight is 376 g/mol. The van der Waals surface area contributed by atoms with Gasteiger partial charge < -0.3 is 9.47 Å². The summed E-state index contributed by atoms with van der Waals surface area (Å²) in [6, 6.07) is 0. The first-order chi connectivity index (χ1) is 12.5. The molecule has 2 saturated carbocycles. The Balaban J connectivity index is 1.97. The van der Waals surface area contributed by atoms with Crippen LogP contribution in [0.1, 0.15) is 73.1 Å². The summed E-state index contributed by atoms with van der Waals surface area (Å²) in [4.78, 5) is 34.5. The van der Waals surface area contributed by atoms with Crippen LogP contribution in [0, 0.1) is 22.7 Å². The van der Waals surface area contributed by atoms with Crippen molar-refractivity contribution in [3.05, 3.63) is 11.3 Å². The van der Waals surface area contributed by atoms with Crippen LogP contribution in [0.3, 0.4) is 0 Å². The van der Waals surface area contributed by atoms with Gasteiger partial charge in [0.15, 0.2) is 6.29 Å². The summed E-state index contributed by atoms with van der Waals surface area (Å²) in [7, 11) is 0. The van der Waals surface area contributed by atoms with Crippen LogP contribution in [0.4, 0.5) is 0 Å². The zero-order valence-corrected chi connectivity index (χ0v) is 17.2. The largest absolute Gasteiger partial charge is 0.491 e. The van der Waals surface area contributed by atoms with Crippen LogP contribution in [0.5, 0.6) is 0 Å². The van der Waals surface area contributed by atoms with Crippen molar-refractivity contribution in [1.29, 1.82) is 0 Å². The van der Waals surface area contributed by atoms with Gasteiger partial charge in [-0.15, -0.1) is 0 Å². The first-order valence-corrected chi connectivity index (χ1v) is 10.1. The number of ketones is 1. The number of esters is 1. The van der Waals surface area contributed by atoms with Crippen molar-refractivity contribution in [2.24, 2.45) is 22.7 Å². The van der Waals surface area contributed by atoms with E-state index >= 15 is 0 Å². The van der Waals surface area contributed by atoms with E-state index in [1.807, 2.05) is 0 Å². The maximum absolute atomic E-state index is 12.2. The fourth-order valence-electron chi connectivity index (χ4n) is 6.40. The van der Waals surface area contributed by atoms with Crippen LogP contribution < -0.4 is 0 Å². The number of rotatable bonds is 4. The van der Waals surface area contributed by atoms with E-state index in [0.29, 0.717) is 29.4 Å². The summed E-state index contributed by atoms with van der Waals surface area (Å²) in [5.74, 6) is 0.336. The SMILES string of the molecule is CC(=O)OCC(C(=O)C=O)=C1CC2C(C)(CCC3C(C)(C)CCCC32C)O1. The first kappa shape index (κ1) is 20.1. The molecule has 1 heterocycles. The molecular formula is C22H32O5. The molecular weight excluding hydrogens is 344 g/mol. The minimum Gasteiger partial charge on any atom is -0.491 e. The Morgan fingerprint density at radius 1 is 1.15 bits per heavy atom. The number of allylic oxidation sites excluding steroid dienone is 1. The van der Waals surface area contributed by atoms with Crippen LogP contribution in [-0.4, -0.2) is 30.2 Å². The summed E-state index contributed by atoms with van der Waals surface area (Å²) >= 11 is 0. The van der Waals surface area contributed by atoms with E-state index in [2.05, 4.69) is 27.7 Å². The Bertz CT molecular complexity index is 691. The highest BCUT2D eigenvalue weighted by atomic mass is 16.5. The molecule has 27 heavy (non-hydrogen) atoms. The monoisotopic (exact) mass is 376 g/mol. The van der Waals surface area contributed by atoms with Gasteiger partial charge >= 0.3 is 5.97 Å². The smallest absolute Gasteiger partial charge is 0.302 e. The lowest BCUT2D eigenvalue weighted by Gasteiger charge is -2.59. The topological polar surface area (TPSA) is 69.7 Å². The van der Waals surface area contributed by atoms with Gasteiger partial charge in [0.05, 0.1) is 5.57 Å². The van der Waals surface area contributed by atoms with Gasteiger partial charge in [-0.25, -0.2) is 0 Å². The number of aldehydes is 1. The van der Waals surface area contributed by atoms with Crippen molar-refractivity contribution in [2.45, 2.75) is 78.7 Å². The third-order valence-corrected chi connectivity index (χ3v) is 7.65. The highest BCUT2D eigenvalue weighted by Crippen LogP contribution is 2.66. The fraction of sp³-hybridized carbons (Fsp3) is 0.773. The second kappa shape index (κ2) is 6.75. The lowest BCUT2D eigenvalue weighted by atomic mass is 9.45. The molecule has 3 aliphatic rings. The van der Waals surface area contributed by atoms with Crippen LogP contribution in [0.15, 0.2) is 11.3 Å². The quantitative estimate of drug-likeness (QED) is 0.321. The summed E-state index contributed by atoms with van der Waals surface area (Å²) in [5.41, 5.74) is 0.317. The molecule has 5 heteroatoms. The number of Topliss-reactive ketones (excluding diaryl/α,β-unsaturated/α-hetero) is 1. The average Bonchev–Trinajstić information content (AvgIpc) is 2.92. The van der Waals surface area contributed by atoms with Crippen molar-refractivity contribution in [2.75, 3.05) is 6.61 Å². The summed E-state index contributed by atoms with van der Waals surface area (Å²) in [6.07, 6.45) is 6.61. The second-order valence-corrected chi connectivity index (χ2v) is 9.77. The Kier molecular flexibility index (Phi) is 5.02. The molecule has 0 aromatic carbocycles. The standard InChI is InChI=1S/C22H32O5/c1-14(24)26-13-15(16(25)12-23)17-11-19-21(4)9-6-8-20(2,3)18(21)7-10-22(19,5)27-17/h12,18-19H,6-11,13H2,1-5H3. The van der Waals surface area contributed by atoms with Crippen LogP contribution in [0.25, 0.3) is 0 Å². The van der Waals surface area contributed by atoms with Gasteiger partial charge in [0.2, 0.25) is 5.78 Å². The molecule has 5 nitrogen and oxygen atoms in total. The van der Waals surface area contributed by atoms with E-state index in [0.717, 1.165) is 12.8 Å². The predicted molar refractivity (Wildman–Crippen MR) is 101 cm³/mol. The van der Waals surface area contributed by atoms with Gasteiger partial charge in [-0.1, -0.05) is 27.2 Å². The number of ether oxygens (including phenoxy) is 2. The van der Waals surface area contributed by atoms with E-state index in [9.17, 15) is 14.4 Å². The zero-order valence-electron chi connectivity index (χ0n) is 17.2. The number of hydrogen-bond acceptors (Lipinski definition) is 5. The first-order valence-electron chi connectivity index (χ1n) is 10.1. The number of fused-ring (bicyclic) bond motifs is 3. The van der Waals surface area contributed by atoms with Crippen LogP contribution in [0.2, 0.25) is 0 Å². The molecule has 0 spiro atoms. The maximum Gasteiger partial charge on any atom is 0.302 e. The zero-order chi connectivity index (χ0) is 20.0. The molecule has 3 rings (SSSR count). The van der Waals surface area contributed by atoms with E-state index in [1.165, 1.54) is 26.2 Å². The normalized spacial score (nSPS) is 38.9. The summed E-state index contributed by atoms with van der Waals surface area (Å²) in [5, 5.41) is 0. The highest BCUT2D eigenvalue weighted by molar-refractivity contribution is 6.33. The summed E-state index contributed by atoms with van der Waals surface area (Å²) in [6.45, 7) is 10.4. The molecule has 0 aromatic rings. The number of carbonyl (C=O) groups is 3. The number of carbonyl (C=O) groups excluding carboxylic acids is 3. The molecule has 0 radical (unpaired) electrons. The van der Waals surface area contributed by atoms with E-state index in [1.54, 1.807) is 0 Å². The third kappa shape index (κ3) is 3.34. The molecule has 4 atom stereocenters. The fourth-order valence-corrected chi connectivity index (χ4v) is 6.40. The molecule has 2 aliphatic carbocycles. The van der Waals surface area contributed by atoms with Gasteiger partial charge in [0.1, 0.15) is 18.0 Å². The Morgan fingerprint density at radius 3 is 2.48 bits per heavy atom. The Morgan fingerprint density at radius 2 is 1.85 bits per heavy atom. The van der Waals surface area contributed by atoms with Crippen molar-refractivity contribution in [1.82, 2.24) is 0 Å². The third-order valence-electron chi connectivity index (χ3n) is 7.65. The minimum atomic E-state index is -0.654. The van der Waals surface area contributed by atoms with E-state index in [-0.39, 0.29) is 29.5 Å². The van der Waals surface area contributed by atoms with Crippen molar-refractivity contribution in [3.8, 4) is 0 Å². The molecule has 3 fully saturated rings. The molecule has 1 aliphatic heterocycles. The molecule has 1 saturated heterocycles.